The molecule has 2 rings (SSSR count). The Hall–Kier alpha value is -2.81. The Bertz CT molecular complexity index is 738. The van der Waals surface area contributed by atoms with Gasteiger partial charge in [-0.3, -0.25) is 4.79 Å². The molecule has 0 aliphatic rings. The van der Waals surface area contributed by atoms with Crippen molar-refractivity contribution in [1.29, 1.82) is 5.26 Å². The van der Waals surface area contributed by atoms with Crippen molar-refractivity contribution in [3.05, 3.63) is 65.0 Å². The van der Waals surface area contributed by atoms with Gasteiger partial charge < -0.3 is 4.74 Å². The molecule has 0 bridgehead atoms. The number of benzene rings is 2. The number of ether oxygens (including phenoxy) is 1. The maximum atomic E-state index is 13.5. The molecule has 0 heterocycles. The molecule has 0 N–H and O–H groups in total. The fourth-order valence-corrected chi connectivity index (χ4v) is 1.62. The minimum atomic E-state index is -1.01. The summed E-state index contributed by atoms with van der Waals surface area (Å²) >= 11 is 0. The van der Waals surface area contributed by atoms with Crippen LogP contribution < -0.4 is 4.74 Å². The molecule has 21 heavy (non-hydrogen) atoms. The first-order valence-corrected chi connectivity index (χ1v) is 5.82. The van der Waals surface area contributed by atoms with Gasteiger partial charge in [-0.25, -0.2) is 13.2 Å². The molecular formula is C15H8F3NO2. The Balaban J connectivity index is 2.09. The van der Waals surface area contributed by atoms with Crippen LogP contribution in [0.3, 0.4) is 0 Å². The fourth-order valence-electron chi connectivity index (χ4n) is 1.62. The SMILES string of the molecule is N#Cc1ccc(OCC(=O)c2ccc(F)cc2F)c(F)c1. The average Bonchev–Trinajstić information content (AvgIpc) is 2.45. The van der Waals surface area contributed by atoms with Crippen LogP contribution in [0.4, 0.5) is 13.2 Å². The number of halogens is 3. The highest BCUT2D eigenvalue weighted by atomic mass is 19.1. The van der Waals surface area contributed by atoms with Crippen LogP contribution in [-0.2, 0) is 0 Å². The van der Waals surface area contributed by atoms with Crippen molar-refractivity contribution in [2.24, 2.45) is 0 Å². The van der Waals surface area contributed by atoms with E-state index in [1.165, 1.54) is 12.1 Å². The van der Waals surface area contributed by atoms with Gasteiger partial charge in [0.2, 0.25) is 5.78 Å². The number of carbonyl (C=O) groups is 1. The first-order chi connectivity index (χ1) is 10.0. The molecule has 0 unspecified atom stereocenters. The molecular weight excluding hydrogens is 283 g/mol. The maximum absolute atomic E-state index is 13.5. The average molecular weight is 291 g/mol. The molecule has 3 nitrogen and oxygen atoms in total. The molecule has 0 aliphatic carbocycles. The fraction of sp³-hybridized carbons (Fsp3) is 0.0667. The van der Waals surface area contributed by atoms with E-state index in [0.717, 1.165) is 18.2 Å². The van der Waals surface area contributed by atoms with Crippen LogP contribution in [0.25, 0.3) is 0 Å². The van der Waals surface area contributed by atoms with Crippen LogP contribution in [0.15, 0.2) is 36.4 Å². The standard InChI is InChI=1S/C15H8F3NO2/c16-10-2-3-11(12(17)6-10)14(20)8-21-15-4-1-9(7-19)5-13(15)18/h1-6H,8H2. The summed E-state index contributed by atoms with van der Waals surface area (Å²) in [6, 6.07) is 7.74. The van der Waals surface area contributed by atoms with Crippen LogP contribution in [0.2, 0.25) is 0 Å². The summed E-state index contributed by atoms with van der Waals surface area (Å²) < 4.78 is 44.6. The number of hydrogen-bond acceptors (Lipinski definition) is 3. The molecule has 0 saturated carbocycles. The summed E-state index contributed by atoms with van der Waals surface area (Å²) in [6.45, 7) is -0.606. The van der Waals surface area contributed by atoms with Gasteiger partial charge >= 0.3 is 0 Å². The van der Waals surface area contributed by atoms with Crippen molar-refractivity contribution < 1.29 is 22.7 Å². The third kappa shape index (κ3) is 3.39. The van der Waals surface area contributed by atoms with Crippen LogP contribution in [0.5, 0.6) is 5.75 Å². The molecule has 0 spiro atoms. The zero-order chi connectivity index (χ0) is 15.4. The minimum Gasteiger partial charge on any atom is -0.482 e. The summed E-state index contributed by atoms with van der Waals surface area (Å²) in [5.74, 6) is -3.60. The van der Waals surface area contributed by atoms with E-state index in [1.54, 1.807) is 6.07 Å². The maximum Gasteiger partial charge on any atom is 0.203 e. The second-order valence-electron chi connectivity index (χ2n) is 4.09. The number of hydrogen-bond donors (Lipinski definition) is 0. The molecule has 0 amide bonds. The molecule has 6 heteroatoms. The van der Waals surface area contributed by atoms with E-state index in [9.17, 15) is 18.0 Å². The van der Waals surface area contributed by atoms with Gasteiger partial charge in [0.1, 0.15) is 11.6 Å². The van der Waals surface area contributed by atoms with E-state index in [-0.39, 0.29) is 16.9 Å². The van der Waals surface area contributed by atoms with Crippen molar-refractivity contribution in [3.8, 4) is 11.8 Å². The number of nitriles is 1. The topological polar surface area (TPSA) is 50.1 Å². The molecule has 0 aromatic heterocycles. The Morgan fingerprint density at radius 3 is 2.48 bits per heavy atom. The quantitative estimate of drug-likeness (QED) is 0.813. The number of rotatable bonds is 4. The van der Waals surface area contributed by atoms with E-state index in [1.807, 2.05) is 0 Å². The molecule has 2 aromatic rings. The van der Waals surface area contributed by atoms with Crippen molar-refractivity contribution in [2.75, 3.05) is 6.61 Å². The van der Waals surface area contributed by atoms with Gasteiger partial charge in [-0.1, -0.05) is 0 Å². The second kappa shape index (κ2) is 6.09. The van der Waals surface area contributed by atoms with E-state index >= 15 is 0 Å². The van der Waals surface area contributed by atoms with Crippen molar-refractivity contribution in [3.63, 3.8) is 0 Å². The lowest BCUT2D eigenvalue weighted by atomic mass is 10.1. The van der Waals surface area contributed by atoms with Gasteiger partial charge in [0.05, 0.1) is 17.2 Å². The van der Waals surface area contributed by atoms with Gasteiger partial charge in [-0.15, -0.1) is 0 Å². The predicted molar refractivity (Wildman–Crippen MR) is 67.3 cm³/mol. The van der Waals surface area contributed by atoms with E-state index in [4.69, 9.17) is 10.00 Å². The van der Waals surface area contributed by atoms with Gasteiger partial charge in [0.25, 0.3) is 0 Å². The normalized spacial score (nSPS) is 10.0. The number of nitrogens with zero attached hydrogens (tertiary/aromatic N) is 1. The largest absolute Gasteiger partial charge is 0.482 e. The van der Waals surface area contributed by atoms with Crippen LogP contribution in [-0.4, -0.2) is 12.4 Å². The highest BCUT2D eigenvalue weighted by molar-refractivity contribution is 5.97. The zero-order valence-electron chi connectivity index (χ0n) is 10.6. The van der Waals surface area contributed by atoms with E-state index in [0.29, 0.717) is 6.07 Å². The molecule has 2 aromatic carbocycles. The van der Waals surface area contributed by atoms with Crippen LogP contribution in [0.1, 0.15) is 15.9 Å². The first-order valence-electron chi connectivity index (χ1n) is 5.82. The predicted octanol–water partition coefficient (Wildman–Crippen LogP) is 3.24. The molecule has 0 fully saturated rings. The highest BCUT2D eigenvalue weighted by Crippen LogP contribution is 2.18. The zero-order valence-corrected chi connectivity index (χ0v) is 10.6. The summed E-state index contributed by atoms with van der Waals surface area (Å²) in [5.41, 5.74) is -0.235. The lowest BCUT2D eigenvalue weighted by Gasteiger charge is -2.07. The van der Waals surface area contributed by atoms with Crippen LogP contribution >= 0.6 is 0 Å². The Kier molecular flexibility index (Phi) is 4.24. The van der Waals surface area contributed by atoms with Gasteiger partial charge in [-0.2, -0.15) is 5.26 Å². The van der Waals surface area contributed by atoms with Gasteiger partial charge in [0, 0.05) is 6.07 Å². The van der Waals surface area contributed by atoms with Crippen molar-refractivity contribution >= 4 is 5.78 Å². The number of ketones is 1. The summed E-state index contributed by atoms with van der Waals surface area (Å²) in [7, 11) is 0. The van der Waals surface area contributed by atoms with Gasteiger partial charge in [0.15, 0.2) is 18.2 Å². The van der Waals surface area contributed by atoms with E-state index < -0.39 is 29.8 Å². The summed E-state index contributed by atoms with van der Waals surface area (Å²) in [4.78, 5) is 11.7. The number of Topliss-reactive ketones (excluding diaryl/α,β-unsaturated/α-hetero) is 1. The number of carbonyl (C=O) groups excluding carboxylic acids is 1. The third-order valence-corrected chi connectivity index (χ3v) is 2.65. The highest BCUT2D eigenvalue weighted by Gasteiger charge is 2.14. The molecule has 0 radical (unpaired) electrons. The molecule has 0 aliphatic heterocycles. The molecule has 106 valence electrons. The van der Waals surface area contributed by atoms with E-state index in [2.05, 4.69) is 0 Å². The summed E-state index contributed by atoms with van der Waals surface area (Å²) in [5, 5.41) is 8.59. The Morgan fingerprint density at radius 1 is 1.10 bits per heavy atom. The Morgan fingerprint density at radius 2 is 1.86 bits per heavy atom. The van der Waals surface area contributed by atoms with Crippen LogP contribution in [0, 0.1) is 28.8 Å². The minimum absolute atomic E-state index is 0.107. The lowest BCUT2D eigenvalue weighted by Crippen LogP contribution is -2.14. The first kappa shape index (κ1) is 14.6. The van der Waals surface area contributed by atoms with Crippen molar-refractivity contribution in [1.82, 2.24) is 0 Å². The second-order valence-corrected chi connectivity index (χ2v) is 4.09. The molecule has 0 saturated heterocycles. The monoisotopic (exact) mass is 291 g/mol. The Labute approximate surface area is 118 Å². The smallest absolute Gasteiger partial charge is 0.203 e. The van der Waals surface area contributed by atoms with Gasteiger partial charge in [-0.05, 0) is 30.3 Å². The molecule has 0 atom stereocenters. The lowest BCUT2D eigenvalue weighted by molar-refractivity contribution is 0.0914. The third-order valence-electron chi connectivity index (χ3n) is 2.65. The van der Waals surface area contributed by atoms with Crippen molar-refractivity contribution in [2.45, 2.75) is 0 Å². The summed E-state index contributed by atoms with van der Waals surface area (Å²) in [6.07, 6.45) is 0.